The van der Waals surface area contributed by atoms with Gasteiger partial charge in [-0.1, -0.05) is 5.92 Å². The van der Waals surface area contributed by atoms with Gasteiger partial charge in [-0.25, -0.2) is 0 Å². The minimum Gasteiger partial charge on any atom is -0.384 e. The molecule has 1 saturated carbocycles. The smallest absolute Gasteiger partial charge is 0.251 e. The lowest BCUT2D eigenvalue weighted by Crippen LogP contribution is -2.50. The van der Waals surface area contributed by atoms with Gasteiger partial charge in [-0.05, 0) is 74.8 Å². The molecule has 1 aliphatic carbocycles. The zero-order chi connectivity index (χ0) is 21.3. The van der Waals surface area contributed by atoms with Gasteiger partial charge in [0.2, 0.25) is 0 Å². The fraction of sp³-hybridized carbons (Fsp3) is 0.542. The van der Waals surface area contributed by atoms with Crippen LogP contribution in [0.2, 0.25) is 0 Å². The Kier molecular flexibility index (Phi) is 5.95. The molecule has 1 amide bonds. The molecule has 29 heavy (non-hydrogen) atoms. The highest BCUT2D eigenvalue weighted by molar-refractivity contribution is 6.10. The molecule has 5 heteroatoms. The first kappa shape index (κ1) is 21.3. The maximum atomic E-state index is 13.1. The van der Waals surface area contributed by atoms with Crippen molar-refractivity contribution in [3.63, 3.8) is 0 Å². The summed E-state index contributed by atoms with van der Waals surface area (Å²) in [5, 5.41) is 9.52. The Morgan fingerprint density at radius 1 is 1.14 bits per heavy atom. The van der Waals surface area contributed by atoms with Gasteiger partial charge in [0.25, 0.3) is 5.91 Å². The highest BCUT2D eigenvalue weighted by Gasteiger charge is 2.47. The van der Waals surface area contributed by atoms with Crippen LogP contribution in [0.5, 0.6) is 0 Å². The number of likely N-dealkylation sites (tertiary alicyclic amines) is 1. The standard InChI is InChI=1S/C24H29NO4/c1-5-6-18-11-15(2)21(16(3)12-18)22-19(27)13-24(14-20(22)28)7-9-25(10-8-24)23(29)17(4)26/h11-12,17,22,26H,7-10,13-14H2,1-4H3. The summed E-state index contributed by atoms with van der Waals surface area (Å²) < 4.78 is 0. The van der Waals surface area contributed by atoms with Crippen LogP contribution in [-0.4, -0.2) is 46.7 Å². The van der Waals surface area contributed by atoms with Gasteiger partial charge in [0.05, 0.1) is 0 Å². The third kappa shape index (κ3) is 4.13. The minimum absolute atomic E-state index is 0.0166. The number of ketones is 2. The van der Waals surface area contributed by atoms with Crippen molar-refractivity contribution in [2.24, 2.45) is 5.41 Å². The predicted octanol–water partition coefficient (Wildman–Crippen LogP) is 2.68. The number of nitrogens with zero attached hydrogens (tertiary/aromatic N) is 1. The van der Waals surface area contributed by atoms with Crippen molar-refractivity contribution in [1.29, 1.82) is 0 Å². The Bertz CT molecular complexity index is 868. The fourth-order valence-electron chi connectivity index (χ4n) is 4.97. The molecule has 0 bridgehead atoms. The Hall–Kier alpha value is -2.45. The topological polar surface area (TPSA) is 74.7 Å². The maximum absolute atomic E-state index is 13.1. The van der Waals surface area contributed by atoms with E-state index in [-0.39, 0.29) is 22.9 Å². The Morgan fingerprint density at radius 3 is 2.10 bits per heavy atom. The van der Waals surface area contributed by atoms with E-state index in [9.17, 15) is 19.5 Å². The summed E-state index contributed by atoms with van der Waals surface area (Å²) in [6.07, 6.45) is 0.969. The third-order valence-electron chi connectivity index (χ3n) is 6.39. The molecule has 1 aliphatic heterocycles. The van der Waals surface area contributed by atoms with Crippen LogP contribution in [0.1, 0.15) is 67.7 Å². The molecule has 1 aromatic rings. The number of hydrogen-bond donors (Lipinski definition) is 1. The number of aliphatic hydroxyl groups is 1. The van der Waals surface area contributed by atoms with Crippen molar-refractivity contribution in [3.8, 4) is 11.8 Å². The molecule has 1 saturated heterocycles. The van der Waals surface area contributed by atoms with Crippen LogP contribution in [0, 0.1) is 31.1 Å². The number of piperidine rings is 1. The van der Waals surface area contributed by atoms with E-state index in [1.54, 1.807) is 11.8 Å². The molecule has 1 spiro atoms. The van der Waals surface area contributed by atoms with Gasteiger partial charge in [-0.2, -0.15) is 0 Å². The van der Waals surface area contributed by atoms with Gasteiger partial charge < -0.3 is 10.0 Å². The number of aryl methyl sites for hydroxylation is 2. The van der Waals surface area contributed by atoms with Gasteiger partial charge in [-0.15, -0.1) is 5.92 Å². The number of rotatable bonds is 2. The second-order valence-electron chi connectivity index (χ2n) is 8.62. The van der Waals surface area contributed by atoms with E-state index < -0.39 is 12.0 Å². The average molecular weight is 395 g/mol. The van der Waals surface area contributed by atoms with E-state index in [1.165, 1.54) is 6.92 Å². The van der Waals surface area contributed by atoms with Gasteiger partial charge in [0.1, 0.15) is 23.6 Å². The first-order valence-electron chi connectivity index (χ1n) is 10.2. The zero-order valence-corrected chi connectivity index (χ0v) is 17.7. The van der Waals surface area contributed by atoms with Gasteiger partial charge >= 0.3 is 0 Å². The van der Waals surface area contributed by atoms with Crippen molar-refractivity contribution >= 4 is 17.5 Å². The van der Waals surface area contributed by atoms with Crippen molar-refractivity contribution in [3.05, 3.63) is 34.4 Å². The maximum Gasteiger partial charge on any atom is 0.251 e. The predicted molar refractivity (Wildman–Crippen MR) is 110 cm³/mol. The van der Waals surface area contributed by atoms with E-state index in [0.717, 1.165) is 22.3 Å². The molecule has 2 fully saturated rings. The molecule has 0 radical (unpaired) electrons. The van der Waals surface area contributed by atoms with E-state index in [0.29, 0.717) is 38.8 Å². The normalized spacial score (nSPS) is 20.4. The van der Waals surface area contributed by atoms with E-state index in [4.69, 9.17) is 0 Å². The van der Waals surface area contributed by atoms with E-state index in [2.05, 4.69) is 11.8 Å². The number of Topliss-reactive ketones (excluding diaryl/α,β-unsaturated/α-hetero) is 2. The second-order valence-corrected chi connectivity index (χ2v) is 8.62. The summed E-state index contributed by atoms with van der Waals surface area (Å²) >= 11 is 0. The number of aliphatic hydroxyl groups excluding tert-OH is 1. The molecule has 3 rings (SSSR count). The first-order chi connectivity index (χ1) is 13.7. The Labute approximate surface area is 172 Å². The molecular formula is C24H29NO4. The van der Waals surface area contributed by atoms with Crippen LogP contribution in [0.4, 0.5) is 0 Å². The van der Waals surface area contributed by atoms with Gasteiger partial charge in [0.15, 0.2) is 0 Å². The highest BCUT2D eigenvalue weighted by atomic mass is 16.3. The zero-order valence-electron chi connectivity index (χ0n) is 17.7. The molecule has 2 aliphatic rings. The van der Waals surface area contributed by atoms with Crippen molar-refractivity contribution in [2.45, 2.75) is 65.4 Å². The second kappa shape index (κ2) is 8.12. The summed E-state index contributed by atoms with van der Waals surface area (Å²) in [6.45, 7) is 8.09. The van der Waals surface area contributed by atoms with E-state index >= 15 is 0 Å². The largest absolute Gasteiger partial charge is 0.384 e. The summed E-state index contributed by atoms with van der Waals surface area (Å²) in [6, 6.07) is 3.90. The summed E-state index contributed by atoms with van der Waals surface area (Å²) in [5.41, 5.74) is 3.24. The van der Waals surface area contributed by atoms with Crippen molar-refractivity contribution in [1.82, 2.24) is 4.90 Å². The van der Waals surface area contributed by atoms with Crippen LogP contribution in [0.25, 0.3) is 0 Å². The Morgan fingerprint density at radius 2 is 1.66 bits per heavy atom. The molecule has 0 aromatic heterocycles. The van der Waals surface area contributed by atoms with Crippen LogP contribution >= 0.6 is 0 Å². The van der Waals surface area contributed by atoms with Crippen molar-refractivity contribution in [2.75, 3.05) is 13.1 Å². The lowest BCUT2D eigenvalue weighted by molar-refractivity contribution is -0.144. The lowest BCUT2D eigenvalue weighted by atomic mass is 9.62. The number of benzene rings is 1. The van der Waals surface area contributed by atoms with Crippen LogP contribution in [0.3, 0.4) is 0 Å². The highest BCUT2D eigenvalue weighted by Crippen LogP contribution is 2.46. The van der Waals surface area contributed by atoms with Gasteiger partial charge in [0, 0.05) is 31.5 Å². The first-order valence-corrected chi connectivity index (χ1v) is 10.2. The lowest BCUT2D eigenvalue weighted by Gasteiger charge is -2.45. The molecule has 1 unspecified atom stereocenters. The van der Waals surface area contributed by atoms with E-state index in [1.807, 2.05) is 26.0 Å². The van der Waals surface area contributed by atoms with Gasteiger partial charge in [-0.3, -0.25) is 14.4 Å². The SMILES string of the molecule is CC#Cc1cc(C)c(C2C(=O)CC3(CCN(C(=O)C(C)O)CC3)CC2=O)c(C)c1. The fourth-order valence-corrected chi connectivity index (χ4v) is 4.97. The molecule has 5 nitrogen and oxygen atoms in total. The molecular weight excluding hydrogens is 366 g/mol. The minimum atomic E-state index is -1.02. The summed E-state index contributed by atoms with van der Waals surface area (Å²) in [5.74, 6) is 4.91. The quantitative estimate of drug-likeness (QED) is 0.617. The number of amides is 1. The molecule has 1 N–H and O–H groups in total. The van der Waals surface area contributed by atoms with Crippen LogP contribution in [0.15, 0.2) is 12.1 Å². The molecule has 154 valence electrons. The molecule has 1 heterocycles. The summed E-state index contributed by atoms with van der Waals surface area (Å²) in [4.78, 5) is 39.9. The Balaban J connectivity index is 1.80. The monoisotopic (exact) mass is 395 g/mol. The number of carbonyl (C=O) groups is 3. The summed E-state index contributed by atoms with van der Waals surface area (Å²) in [7, 11) is 0. The molecule has 1 atom stereocenters. The van der Waals surface area contributed by atoms with Crippen LogP contribution < -0.4 is 0 Å². The van der Waals surface area contributed by atoms with Crippen molar-refractivity contribution < 1.29 is 19.5 Å². The average Bonchev–Trinajstić information content (AvgIpc) is 2.63. The van der Waals surface area contributed by atoms with Crippen LogP contribution in [-0.2, 0) is 14.4 Å². The molecule has 1 aromatic carbocycles. The number of carbonyl (C=O) groups excluding carboxylic acids is 3. The number of hydrogen-bond acceptors (Lipinski definition) is 4. The third-order valence-corrected chi connectivity index (χ3v) is 6.39.